The number of anilines is 1. The van der Waals surface area contributed by atoms with E-state index >= 15 is 0 Å². The molecule has 0 fully saturated rings. The Labute approximate surface area is 98.6 Å². The zero-order valence-corrected chi connectivity index (χ0v) is 9.73. The molecule has 0 heterocycles. The average molecular weight is 247 g/mol. The van der Waals surface area contributed by atoms with Gasteiger partial charge in [0.15, 0.2) is 17.4 Å². The van der Waals surface area contributed by atoms with Crippen LogP contribution in [0.1, 0.15) is 32.6 Å². The van der Waals surface area contributed by atoms with Crippen LogP contribution < -0.4 is 10.5 Å². The van der Waals surface area contributed by atoms with Crippen LogP contribution in [0.4, 0.5) is 18.9 Å². The fourth-order valence-corrected chi connectivity index (χ4v) is 1.43. The normalized spacial score (nSPS) is 10.6. The van der Waals surface area contributed by atoms with Crippen molar-refractivity contribution in [3.63, 3.8) is 0 Å². The highest BCUT2D eigenvalue weighted by Gasteiger charge is 2.18. The van der Waals surface area contributed by atoms with E-state index in [0.29, 0.717) is 6.42 Å². The van der Waals surface area contributed by atoms with Crippen molar-refractivity contribution in [2.45, 2.75) is 32.6 Å². The molecular weight excluding hydrogens is 231 g/mol. The molecule has 1 aromatic rings. The summed E-state index contributed by atoms with van der Waals surface area (Å²) in [4.78, 5) is 0. The zero-order valence-electron chi connectivity index (χ0n) is 9.73. The van der Waals surface area contributed by atoms with E-state index < -0.39 is 28.9 Å². The van der Waals surface area contributed by atoms with E-state index in [9.17, 15) is 13.2 Å². The van der Waals surface area contributed by atoms with Crippen LogP contribution in [0.25, 0.3) is 0 Å². The summed E-state index contributed by atoms with van der Waals surface area (Å²) in [6.07, 6.45) is 3.68. The highest BCUT2D eigenvalue weighted by Crippen LogP contribution is 2.28. The quantitative estimate of drug-likeness (QED) is 0.473. The maximum absolute atomic E-state index is 13.3. The van der Waals surface area contributed by atoms with Crippen molar-refractivity contribution in [1.29, 1.82) is 0 Å². The number of nitrogen functional groups attached to an aromatic ring is 1. The summed E-state index contributed by atoms with van der Waals surface area (Å²) in [5.74, 6) is -4.29. The van der Waals surface area contributed by atoms with Gasteiger partial charge in [-0.25, -0.2) is 8.78 Å². The number of unbranched alkanes of at least 4 members (excludes halogenated alkanes) is 3. The number of hydrogen-bond donors (Lipinski definition) is 1. The van der Waals surface area contributed by atoms with Crippen molar-refractivity contribution in [2.24, 2.45) is 0 Å². The monoisotopic (exact) mass is 247 g/mol. The summed E-state index contributed by atoms with van der Waals surface area (Å²) >= 11 is 0. The van der Waals surface area contributed by atoms with Gasteiger partial charge >= 0.3 is 0 Å². The van der Waals surface area contributed by atoms with Crippen molar-refractivity contribution in [3.8, 4) is 5.75 Å². The number of rotatable bonds is 6. The van der Waals surface area contributed by atoms with Crippen LogP contribution >= 0.6 is 0 Å². The number of nitrogens with two attached hydrogens (primary N) is 1. The summed E-state index contributed by atoms with van der Waals surface area (Å²) in [7, 11) is 0. The standard InChI is InChI=1S/C12H16F3NO/c1-2-3-4-5-6-17-12-8(13)7-9(16)10(14)11(12)15/h7H,2-6,16H2,1H3. The minimum Gasteiger partial charge on any atom is -0.488 e. The predicted octanol–water partition coefficient (Wildman–Crippen LogP) is 3.65. The van der Waals surface area contributed by atoms with Crippen LogP contribution in [0, 0.1) is 17.5 Å². The van der Waals surface area contributed by atoms with Crippen LogP contribution in [0.5, 0.6) is 5.75 Å². The Hall–Kier alpha value is -1.39. The molecule has 0 aromatic heterocycles. The largest absolute Gasteiger partial charge is 0.488 e. The lowest BCUT2D eigenvalue weighted by Gasteiger charge is -2.09. The van der Waals surface area contributed by atoms with E-state index in [1.54, 1.807) is 0 Å². The van der Waals surface area contributed by atoms with Gasteiger partial charge in [0.1, 0.15) is 0 Å². The van der Waals surface area contributed by atoms with E-state index in [-0.39, 0.29) is 6.61 Å². The Kier molecular flexibility index (Phi) is 5.12. The molecular formula is C12H16F3NO. The summed E-state index contributed by atoms with van der Waals surface area (Å²) in [6.45, 7) is 2.22. The van der Waals surface area contributed by atoms with Gasteiger partial charge in [0.25, 0.3) is 0 Å². The van der Waals surface area contributed by atoms with E-state index in [2.05, 4.69) is 6.92 Å². The lowest BCUT2D eigenvalue weighted by molar-refractivity contribution is 0.270. The molecule has 0 atom stereocenters. The van der Waals surface area contributed by atoms with Gasteiger partial charge in [0.05, 0.1) is 12.3 Å². The average Bonchev–Trinajstić information content (AvgIpc) is 2.30. The molecule has 0 spiro atoms. The predicted molar refractivity (Wildman–Crippen MR) is 60.4 cm³/mol. The van der Waals surface area contributed by atoms with Crippen molar-refractivity contribution in [3.05, 3.63) is 23.5 Å². The van der Waals surface area contributed by atoms with Crippen LogP contribution in [0.15, 0.2) is 6.07 Å². The minimum absolute atomic E-state index is 0.164. The molecule has 0 saturated carbocycles. The van der Waals surface area contributed by atoms with Crippen LogP contribution in [0.2, 0.25) is 0 Å². The van der Waals surface area contributed by atoms with Crippen molar-refractivity contribution >= 4 is 5.69 Å². The van der Waals surface area contributed by atoms with Gasteiger partial charge < -0.3 is 10.5 Å². The Morgan fingerprint density at radius 3 is 2.47 bits per heavy atom. The van der Waals surface area contributed by atoms with Gasteiger partial charge in [-0.05, 0) is 6.42 Å². The highest BCUT2D eigenvalue weighted by atomic mass is 19.2. The highest BCUT2D eigenvalue weighted by molar-refractivity contribution is 5.45. The fourth-order valence-electron chi connectivity index (χ4n) is 1.43. The second-order valence-electron chi connectivity index (χ2n) is 3.81. The van der Waals surface area contributed by atoms with E-state index in [4.69, 9.17) is 10.5 Å². The Morgan fingerprint density at radius 2 is 1.82 bits per heavy atom. The zero-order chi connectivity index (χ0) is 12.8. The molecule has 17 heavy (non-hydrogen) atoms. The fraction of sp³-hybridized carbons (Fsp3) is 0.500. The van der Waals surface area contributed by atoms with Gasteiger partial charge in [0.2, 0.25) is 5.82 Å². The van der Waals surface area contributed by atoms with Crippen LogP contribution in [-0.2, 0) is 0 Å². The molecule has 96 valence electrons. The molecule has 0 radical (unpaired) electrons. The minimum atomic E-state index is -1.36. The number of halogens is 3. The summed E-state index contributed by atoms with van der Waals surface area (Å²) in [5, 5.41) is 0. The first-order valence-electron chi connectivity index (χ1n) is 5.63. The molecule has 0 unspecified atom stereocenters. The van der Waals surface area contributed by atoms with E-state index in [1.165, 1.54) is 0 Å². The molecule has 0 bridgehead atoms. The lowest BCUT2D eigenvalue weighted by atomic mass is 10.2. The van der Waals surface area contributed by atoms with Gasteiger partial charge in [-0.15, -0.1) is 0 Å². The SMILES string of the molecule is CCCCCCOc1c(F)cc(N)c(F)c1F. The molecule has 0 aliphatic carbocycles. The first-order valence-corrected chi connectivity index (χ1v) is 5.63. The van der Waals surface area contributed by atoms with Crippen molar-refractivity contribution in [2.75, 3.05) is 12.3 Å². The first kappa shape index (κ1) is 13.7. The molecule has 1 aromatic carbocycles. The molecule has 1 rings (SSSR count). The van der Waals surface area contributed by atoms with E-state index in [1.807, 2.05) is 0 Å². The smallest absolute Gasteiger partial charge is 0.205 e. The summed E-state index contributed by atoms with van der Waals surface area (Å²) in [5.41, 5.74) is 4.52. The molecule has 0 aliphatic rings. The lowest BCUT2D eigenvalue weighted by Crippen LogP contribution is -2.05. The molecule has 2 N–H and O–H groups in total. The maximum Gasteiger partial charge on any atom is 0.205 e. The van der Waals surface area contributed by atoms with Crippen molar-refractivity contribution in [1.82, 2.24) is 0 Å². The number of benzene rings is 1. The van der Waals surface area contributed by atoms with E-state index in [0.717, 1.165) is 25.3 Å². The Balaban J connectivity index is 2.62. The summed E-state index contributed by atoms with van der Waals surface area (Å²) < 4.78 is 44.5. The van der Waals surface area contributed by atoms with Gasteiger partial charge in [-0.3, -0.25) is 0 Å². The van der Waals surface area contributed by atoms with Gasteiger partial charge in [-0.1, -0.05) is 26.2 Å². The maximum atomic E-state index is 13.3. The Bertz CT molecular complexity index is 383. The number of hydrogen-bond acceptors (Lipinski definition) is 2. The topological polar surface area (TPSA) is 35.2 Å². The second kappa shape index (κ2) is 6.37. The van der Waals surface area contributed by atoms with Crippen LogP contribution in [-0.4, -0.2) is 6.61 Å². The van der Waals surface area contributed by atoms with Crippen molar-refractivity contribution < 1.29 is 17.9 Å². The first-order chi connectivity index (χ1) is 8.07. The molecule has 0 aliphatic heterocycles. The third-order valence-corrected chi connectivity index (χ3v) is 2.39. The Morgan fingerprint density at radius 1 is 1.12 bits per heavy atom. The molecule has 5 heteroatoms. The van der Waals surface area contributed by atoms with Gasteiger partial charge in [0, 0.05) is 6.07 Å². The molecule has 2 nitrogen and oxygen atoms in total. The van der Waals surface area contributed by atoms with Crippen LogP contribution in [0.3, 0.4) is 0 Å². The number of ether oxygens (including phenoxy) is 1. The summed E-state index contributed by atoms with van der Waals surface area (Å²) in [6, 6.07) is 0.722. The third-order valence-electron chi connectivity index (χ3n) is 2.39. The molecule has 0 amide bonds. The van der Waals surface area contributed by atoms with Gasteiger partial charge in [-0.2, -0.15) is 4.39 Å². The molecule has 0 saturated heterocycles. The second-order valence-corrected chi connectivity index (χ2v) is 3.81. The third kappa shape index (κ3) is 3.54.